The smallest absolute Gasteiger partial charge is 0.269 e. The van der Waals surface area contributed by atoms with Crippen molar-refractivity contribution in [1.82, 2.24) is 20.1 Å². The summed E-state index contributed by atoms with van der Waals surface area (Å²) in [5.74, 6) is -0.223. The summed E-state index contributed by atoms with van der Waals surface area (Å²) in [7, 11) is 1.87. The molecule has 0 saturated heterocycles. The minimum Gasteiger partial charge on any atom is -0.350 e. The highest BCUT2D eigenvalue weighted by Gasteiger charge is 2.07. The molecule has 0 aliphatic rings. The molecular weight excluding hydrogens is 252 g/mol. The maximum Gasteiger partial charge on any atom is 0.269 e. The van der Waals surface area contributed by atoms with Crippen LogP contribution in [0.25, 0.3) is 0 Å². The summed E-state index contributed by atoms with van der Waals surface area (Å²) in [5, 5.41) is 7.16. The molecule has 0 aliphatic heterocycles. The first-order chi connectivity index (χ1) is 8.66. The van der Waals surface area contributed by atoms with Crippen LogP contribution in [-0.4, -0.2) is 27.2 Å². The highest BCUT2D eigenvalue weighted by molar-refractivity contribution is 6.29. The van der Waals surface area contributed by atoms with Gasteiger partial charge in [0.25, 0.3) is 5.91 Å². The van der Waals surface area contributed by atoms with Gasteiger partial charge in [-0.15, -0.1) is 0 Å². The molecule has 0 radical (unpaired) electrons. The lowest BCUT2D eigenvalue weighted by Crippen LogP contribution is -2.27. The molecule has 2 rings (SSSR count). The van der Waals surface area contributed by atoms with Crippen molar-refractivity contribution in [3.05, 3.63) is 47.0 Å². The van der Waals surface area contributed by atoms with E-state index < -0.39 is 0 Å². The zero-order valence-corrected chi connectivity index (χ0v) is 10.7. The summed E-state index contributed by atoms with van der Waals surface area (Å²) >= 11 is 5.72. The van der Waals surface area contributed by atoms with Crippen molar-refractivity contribution in [2.24, 2.45) is 7.05 Å². The summed E-state index contributed by atoms with van der Waals surface area (Å²) in [6.07, 6.45) is 2.46. The molecule has 94 valence electrons. The number of pyridine rings is 1. The highest BCUT2D eigenvalue weighted by Crippen LogP contribution is 2.04. The van der Waals surface area contributed by atoms with E-state index in [0.29, 0.717) is 17.4 Å². The Morgan fingerprint density at radius 2 is 2.28 bits per heavy atom. The summed E-state index contributed by atoms with van der Waals surface area (Å²) in [6.45, 7) is 0.534. The quantitative estimate of drug-likeness (QED) is 0.850. The fourth-order valence-corrected chi connectivity index (χ4v) is 1.74. The third-order valence-corrected chi connectivity index (χ3v) is 2.75. The van der Waals surface area contributed by atoms with Gasteiger partial charge in [-0.1, -0.05) is 17.7 Å². The van der Waals surface area contributed by atoms with Crippen LogP contribution in [0.1, 0.15) is 16.2 Å². The Morgan fingerprint density at radius 3 is 2.94 bits per heavy atom. The number of hydrogen-bond donors (Lipinski definition) is 1. The van der Waals surface area contributed by atoms with Crippen LogP contribution in [0.2, 0.25) is 5.15 Å². The SMILES string of the molecule is Cn1nccc1CCNC(=O)c1cccc(Cl)n1. The van der Waals surface area contributed by atoms with Gasteiger partial charge >= 0.3 is 0 Å². The zero-order chi connectivity index (χ0) is 13.0. The van der Waals surface area contributed by atoms with Gasteiger partial charge in [-0.05, 0) is 18.2 Å². The van der Waals surface area contributed by atoms with Gasteiger partial charge < -0.3 is 5.32 Å². The van der Waals surface area contributed by atoms with Crippen molar-refractivity contribution in [2.75, 3.05) is 6.54 Å². The number of aryl methyl sites for hydroxylation is 1. The molecular formula is C12H13ClN4O. The molecule has 0 fully saturated rings. The van der Waals surface area contributed by atoms with Crippen molar-refractivity contribution in [3.8, 4) is 0 Å². The van der Waals surface area contributed by atoms with E-state index in [2.05, 4.69) is 15.4 Å². The molecule has 0 unspecified atom stereocenters. The second kappa shape index (κ2) is 5.64. The third kappa shape index (κ3) is 3.07. The first-order valence-electron chi connectivity index (χ1n) is 5.54. The fraction of sp³-hybridized carbons (Fsp3) is 0.250. The van der Waals surface area contributed by atoms with Crippen LogP contribution in [0.3, 0.4) is 0 Å². The number of hydrogen-bond acceptors (Lipinski definition) is 3. The van der Waals surface area contributed by atoms with Crippen LogP contribution < -0.4 is 5.32 Å². The van der Waals surface area contributed by atoms with Gasteiger partial charge in [0.2, 0.25) is 0 Å². The van der Waals surface area contributed by atoms with Crippen LogP contribution in [0.4, 0.5) is 0 Å². The standard InChI is InChI=1S/C12H13ClN4O/c1-17-9(6-8-15-17)5-7-14-12(18)10-3-2-4-11(13)16-10/h2-4,6,8H,5,7H2,1H3,(H,14,18). The van der Waals surface area contributed by atoms with E-state index in [0.717, 1.165) is 12.1 Å². The van der Waals surface area contributed by atoms with Crippen molar-refractivity contribution in [1.29, 1.82) is 0 Å². The minimum atomic E-state index is -0.223. The predicted octanol–water partition coefficient (Wildman–Crippen LogP) is 1.44. The Bertz CT molecular complexity index is 553. The van der Waals surface area contributed by atoms with Crippen molar-refractivity contribution in [3.63, 3.8) is 0 Å². The van der Waals surface area contributed by atoms with E-state index in [1.165, 1.54) is 0 Å². The first-order valence-corrected chi connectivity index (χ1v) is 5.92. The lowest BCUT2D eigenvalue weighted by Gasteiger charge is -2.05. The lowest BCUT2D eigenvalue weighted by atomic mass is 10.3. The third-order valence-electron chi connectivity index (χ3n) is 2.54. The lowest BCUT2D eigenvalue weighted by molar-refractivity contribution is 0.0949. The predicted molar refractivity (Wildman–Crippen MR) is 68.5 cm³/mol. The molecule has 0 aromatic carbocycles. The van der Waals surface area contributed by atoms with E-state index >= 15 is 0 Å². The maximum atomic E-state index is 11.8. The molecule has 2 aromatic heterocycles. The second-order valence-corrected chi connectivity index (χ2v) is 4.18. The summed E-state index contributed by atoms with van der Waals surface area (Å²) in [4.78, 5) is 15.7. The Morgan fingerprint density at radius 1 is 1.44 bits per heavy atom. The largest absolute Gasteiger partial charge is 0.350 e. The van der Waals surface area contributed by atoms with Crippen LogP contribution in [0, 0.1) is 0 Å². The minimum absolute atomic E-state index is 0.223. The van der Waals surface area contributed by atoms with E-state index in [9.17, 15) is 4.79 Å². The van der Waals surface area contributed by atoms with Crippen LogP contribution in [-0.2, 0) is 13.5 Å². The van der Waals surface area contributed by atoms with E-state index in [4.69, 9.17) is 11.6 Å². The van der Waals surface area contributed by atoms with Crippen LogP contribution in [0.5, 0.6) is 0 Å². The molecule has 2 heterocycles. The molecule has 1 N–H and O–H groups in total. The van der Waals surface area contributed by atoms with E-state index in [-0.39, 0.29) is 5.91 Å². The number of nitrogens with zero attached hydrogens (tertiary/aromatic N) is 3. The number of carbonyl (C=O) groups is 1. The summed E-state index contributed by atoms with van der Waals surface area (Å²) in [5.41, 5.74) is 1.39. The molecule has 0 bridgehead atoms. The van der Waals surface area contributed by atoms with Crippen LogP contribution >= 0.6 is 11.6 Å². The average Bonchev–Trinajstić information content (AvgIpc) is 2.75. The zero-order valence-electron chi connectivity index (χ0n) is 9.93. The number of nitrogens with one attached hydrogen (secondary N) is 1. The Kier molecular flexibility index (Phi) is 3.94. The molecule has 0 spiro atoms. The number of rotatable bonds is 4. The van der Waals surface area contributed by atoms with E-state index in [1.54, 1.807) is 29.1 Å². The maximum absolute atomic E-state index is 11.8. The topological polar surface area (TPSA) is 59.8 Å². The summed E-state index contributed by atoms with van der Waals surface area (Å²) < 4.78 is 1.78. The number of halogens is 1. The molecule has 1 amide bonds. The van der Waals surface area contributed by atoms with Gasteiger partial charge in [0.1, 0.15) is 10.8 Å². The summed E-state index contributed by atoms with van der Waals surface area (Å²) in [6, 6.07) is 6.88. The Hall–Kier alpha value is -1.88. The van der Waals surface area contributed by atoms with Gasteiger partial charge in [0.05, 0.1) is 0 Å². The van der Waals surface area contributed by atoms with Gasteiger partial charge in [-0.3, -0.25) is 9.48 Å². The van der Waals surface area contributed by atoms with Gasteiger partial charge in [-0.25, -0.2) is 4.98 Å². The van der Waals surface area contributed by atoms with Crippen LogP contribution in [0.15, 0.2) is 30.5 Å². The van der Waals surface area contributed by atoms with Gasteiger partial charge in [0.15, 0.2) is 0 Å². The highest BCUT2D eigenvalue weighted by atomic mass is 35.5. The molecule has 18 heavy (non-hydrogen) atoms. The Labute approximate surface area is 110 Å². The van der Waals surface area contributed by atoms with Crippen molar-refractivity contribution < 1.29 is 4.79 Å². The first kappa shape index (κ1) is 12.6. The number of carbonyl (C=O) groups excluding carboxylic acids is 1. The molecule has 0 saturated carbocycles. The monoisotopic (exact) mass is 264 g/mol. The van der Waals surface area contributed by atoms with E-state index in [1.807, 2.05) is 13.1 Å². The normalized spacial score (nSPS) is 10.3. The van der Waals surface area contributed by atoms with Gasteiger partial charge in [0, 0.05) is 31.9 Å². The molecule has 0 atom stereocenters. The fourth-order valence-electron chi connectivity index (χ4n) is 1.58. The molecule has 5 nitrogen and oxygen atoms in total. The average molecular weight is 265 g/mol. The van der Waals surface area contributed by atoms with Crippen molar-refractivity contribution in [2.45, 2.75) is 6.42 Å². The molecule has 6 heteroatoms. The Balaban J connectivity index is 1.87. The van der Waals surface area contributed by atoms with Crippen molar-refractivity contribution >= 4 is 17.5 Å². The van der Waals surface area contributed by atoms with Gasteiger partial charge in [-0.2, -0.15) is 5.10 Å². The molecule has 2 aromatic rings. The number of amides is 1. The number of aromatic nitrogens is 3. The second-order valence-electron chi connectivity index (χ2n) is 3.80. The molecule has 0 aliphatic carbocycles.